The number of carboxylic acids is 1. The zero-order valence-corrected chi connectivity index (χ0v) is 13.5. The first-order valence-corrected chi connectivity index (χ1v) is 3.11. The van der Waals surface area contributed by atoms with Crippen LogP contribution in [0.4, 0.5) is 8.78 Å². The molecule has 0 amide bonds. The van der Waals surface area contributed by atoms with Gasteiger partial charge in [0.15, 0.2) is 6.67 Å². The molecule has 1 unspecified atom stereocenters. The quantitative estimate of drug-likeness (QED) is 0.300. The van der Waals surface area contributed by atoms with Crippen molar-refractivity contribution in [2.24, 2.45) is 0 Å². The number of carbonyl (C=O) groups excluding carboxylic acids is 3. The minimum absolute atomic E-state index is 0. The van der Waals surface area contributed by atoms with Gasteiger partial charge < -0.3 is 20.8 Å². The Morgan fingerprint density at radius 2 is 1.50 bits per heavy atom. The van der Waals surface area contributed by atoms with Gasteiger partial charge in [-0.3, -0.25) is 9.59 Å². The molecule has 0 bridgehead atoms. The second kappa shape index (κ2) is 15.1. The van der Waals surface area contributed by atoms with E-state index < -0.39 is 36.5 Å². The molecule has 18 heavy (non-hydrogen) atoms. The standard InChI is InChI=1S/C6H4F2O6.2Na.2H2O/c7-1-2(9)6(13)14-4(8)3(10)5(11)12;;;;/h4H,1H2,(H,11,12);;;2*1H2/q;2*+1;;. The van der Waals surface area contributed by atoms with Crippen LogP contribution in [0.3, 0.4) is 0 Å². The van der Waals surface area contributed by atoms with Crippen LogP contribution in [-0.4, -0.2) is 52.6 Å². The first-order valence-electron chi connectivity index (χ1n) is 3.11. The van der Waals surface area contributed by atoms with E-state index in [9.17, 15) is 28.0 Å². The Kier molecular flexibility index (Phi) is 25.9. The van der Waals surface area contributed by atoms with E-state index in [1.807, 2.05) is 0 Å². The van der Waals surface area contributed by atoms with Crippen molar-refractivity contribution in [3.05, 3.63) is 0 Å². The summed E-state index contributed by atoms with van der Waals surface area (Å²) in [5, 5.41) is 7.92. The Morgan fingerprint density at radius 3 is 1.78 bits per heavy atom. The Balaban J connectivity index is -0.000000141. The maximum absolute atomic E-state index is 12.3. The third-order valence-corrected chi connectivity index (χ3v) is 0.976. The molecule has 0 aromatic heterocycles. The number of carbonyl (C=O) groups is 4. The largest absolute Gasteiger partial charge is 1.00 e. The maximum atomic E-state index is 12.3. The molecule has 0 aliphatic rings. The Labute approximate surface area is 143 Å². The third kappa shape index (κ3) is 11.2. The number of halogens is 2. The molecule has 0 aromatic carbocycles. The zero-order chi connectivity index (χ0) is 11.3. The Hall–Kier alpha value is 0.0600. The number of hydrogen-bond donors (Lipinski definition) is 1. The normalized spacial score (nSPS) is 9.00. The number of ether oxygens (including phenoxy) is 1. The number of rotatable bonds is 5. The fourth-order valence-corrected chi connectivity index (χ4v) is 0.365. The Morgan fingerprint density at radius 1 is 1.11 bits per heavy atom. The van der Waals surface area contributed by atoms with Gasteiger partial charge in [0.05, 0.1) is 0 Å². The molecule has 0 radical (unpaired) electrons. The summed E-state index contributed by atoms with van der Waals surface area (Å²) in [5.74, 6) is -7.86. The number of alkyl halides is 2. The molecule has 0 aliphatic carbocycles. The maximum Gasteiger partial charge on any atom is 1.00 e. The van der Waals surface area contributed by atoms with E-state index in [-0.39, 0.29) is 70.1 Å². The monoisotopic (exact) mass is 292 g/mol. The van der Waals surface area contributed by atoms with Crippen molar-refractivity contribution in [3.63, 3.8) is 0 Å². The van der Waals surface area contributed by atoms with E-state index in [1.54, 1.807) is 0 Å². The predicted octanol–water partition coefficient (Wildman–Crippen LogP) is -8.62. The van der Waals surface area contributed by atoms with Crippen LogP contribution in [0.15, 0.2) is 0 Å². The second-order valence-electron chi connectivity index (χ2n) is 1.95. The van der Waals surface area contributed by atoms with Gasteiger partial charge in [-0.2, -0.15) is 4.39 Å². The van der Waals surface area contributed by atoms with Crippen LogP contribution in [0.2, 0.25) is 0 Å². The summed E-state index contributed by atoms with van der Waals surface area (Å²) in [6.07, 6.45) is -3.10. The molecule has 0 fully saturated rings. The molecular formula is C6H8F2Na2O8+2. The molecular weight excluding hydrogens is 284 g/mol. The number of Topliss-reactive ketones (excluding diaryl/α,β-unsaturated/α-hetero) is 2. The SMILES string of the molecule is O.O.O=C(O)C(=O)C(F)OC(=O)C(=O)CF.[Na+].[Na+]. The summed E-state index contributed by atoms with van der Waals surface area (Å²) in [4.78, 5) is 40.5. The third-order valence-electron chi connectivity index (χ3n) is 0.976. The first-order chi connectivity index (χ1) is 6.40. The van der Waals surface area contributed by atoms with E-state index in [4.69, 9.17) is 5.11 Å². The zero-order valence-electron chi connectivity index (χ0n) is 9.53. The van der Waals surface area contributed by atoms with Crippen molar-refractivity contribution < 1.29 is 108 Å². The summed E-state index contributed by atoms with van der Waals surface area (Å²) < 4.78 is 27.2. The molecule has 5 N–H and O–H groups in total. The van der Waals surface area contributed by atoms with E-state index in [0.29, 0.717) is 0 Å². The van der Waals surface area contributed by atoms with Crippen molar-refractivity contribution in [2.75, 3.05) is 6.67 Å². The molecule has 0 aromatic rings. The molecule has 1 atom stereocenters. The van der Waals surface area contributed by atoms with Crippen molar-refractivity contribution in [2.45, 2.75) is 6.36 Å². The van der Waals surface area contributed by atoms with Gasteiger partial charge in [0.2, 0.25) is 0 Å². The summed E-state index contributed by atoms with van der Waals surface area (Å²) in [6, 6.07) is 0. The molecule has 0 saturated heterocycles. The van der Waals surface area contributed by atoms with Gasteiger partial charge in [-0.05, 0) is 0 Å². The minimum atomic E-state index is -3.10. The van der Waals surface area contributed by atoms with Crippen molar-refractivity contribution in [1.82, 2.24) is 0 Å². The number of esters is 1. The summed E-state index contributed by atoms with van der Waals surface area (Å²) >= 11 is 0. The second-order valence-corrected chi connectivity index (χ2v) is 1.95. The van der Waals surface area contributed by atoms with Gasteiger partial charge in [0.1, 0.15) is 0 Å². The van der Waals surface area contributed by atoms with E-state index in [1.165, 1.54) is 0 Å². The molecule has 0 rings (SSSR count). The molecule has 0 spiro atoms. The number of carboxylic acid groups (broad SMARTS) is 1. The van der Waals surface area contributed by atoms with Crippen LogP contribution in [-0.2, 0) is 23.9 Å². The van der Waals surface area contributed by atoms with Gasteiger partial charge in [-0.1, -0.05) is 0 Å². The number of hydrogen-bond acceptors (Lipinski definition) is 5. The fraction of sp³-hybridized carbons (Fsp3) is 0.333. The molecule has 12 heteroatoms. The van der Waals surface area contributed by atoms with Crippen LogP contribution in [0.1, 0.15) is 0 Å². The number of aliphatic carboxylic acids is 1. The van der Waals surface area contributed by atoms with Crippen molar-refractivity contribution >= 4 is 23.5 Å². The average Bonchev–Trinajstić information content (AvgIpc) is 2.14. The molecule has 8 nitrogen and oxygen atoms in total. The topological polar surface area (TPSA) is 161 Å². The van der Waals surface area contributed by atoms with Gasteiger partial charge in [-0.25, -0.2) is 14.0 Å². The van der Waals surface area contributed by atoms with E-state index >= 15 is 0 Å². The van der Waals surface area contributed by atoms with Crippen molar-refractivity contribution in [3.8, 4) is 0 Å². The molecule has 0 aliphatic heterocycles. The smallest absolute Gasteiger partial charge is 0.475 e. The first kappa shape index (κ1) is 30.8. The van der Waals surface area contributed by atoms with Gasteiger partial charge >= 0.3 is 83.2 Å². The van der Waals surface area contributed by atoms with Gasteiger partial charge in [0.25, 0.3) is 5.78 Å². The van der Waals surface area contributed by atoms with E-state index in [0.717, 1.165) is 0 Å². The van der Waals surface area contributed by atoms with Crippen LogP contribution in [0.25, 0.3) is 0 Å². The number of ketones is 2. The Bertz CT molecular complexity index is 297. The fourth-order valence-electron chi connectivity index (χ4n) is 0.365. The van der Waals surface area contributed by atoms with Crippen LogP contribution in [0.5, 0.6) is 0 Å². The van der Waals surface area contributed by atoms with Gasteiger partial charge in [-0.15, -0.1) is 0 Å². The molecule has 94 valence electrons. The summed E-state index contributed by atoms with van der Waals surface area (Å²) in [6.45, 7) is -1.72. The van der Waals surface area contributed by atoms with E-state index in [2.05, 4.69) is 4.74 Å². The summed E-state index contributed by atoms with van der Waals surface area (Å²) in [5.41, 5.74) is 0. The molecule has 0 heterocycles. The van der Waals surface area contributed by atoms with Crippen LogP contribution < -0.4 is 59.1 Å². The van der Waals surface area contributed by atoms with Crippen molar-refractivity contribution in [1.29, 1.82) is 0 Å². The van der Waals surface area contributed by atoms with Crippen LogP contribution in [0, 0.1) is 0 Å². The van der Waals surface area contributed by atoms with Gasteiger partial charge in [0, 0.05) is 0 Å². The predicted molar refractivity (Wildman–Crippen MR) is 41.8 cm³/mol. The minimum Gasteiger partial charge on any atom is -0.475 e. The van der Waals surface area contributed by atoms with Crippen LogP contribution >= 0.6 is 0 Å². The molecule has 0 saturated carbocycles. The average molecular weight is 292 g/mol. The summed E-state index contributed by atoms with van der Waals surface area (Å²) in [7, 11) is 0.